The number of hydrogen-bond acceptors (Lipinski definition) is 4. The Morgan fingerprint density at radius 1 is 1.35 bits per heavy atom. The topological polar surface area (TPSA) is 52.3 Å². The maximum Gasteiger partial charge on any atom is 0.163 e. The third-order valence-electron chi connectivity index (χ3n) is 2.91. The molecule has 0 N–H and O–H groups in total. The van der Waals surface area contributed by atoms with Crippen LogP contribution in [0.3, 0.4) is 0 Å². The molecule has 0 atom stereocenters. The Labute approximate surface area is 98.2 Å². The molecule has 1 aromatic carbocycles. The largest absolute Gasteiger partial charge is 0.488 e. The van der Waals surface area contributed by atoms with Crippen molar-refractivity contribution in [2.45, 2.75) is 19.4 Å². The van der Waals surface area contributed by atoms with Gasteiger partial charge in [0.15, 0.2) is 5.78 Å². The highest BCUT2D eigenvalue weighted by atomic mass is 16.5. The van der Waals surface area contributed by atoms with Crippen LogP contribution in [0, 0.1) is 0 Å². The van der Waals surface area contributed by atoms with Gasteiger partial charge in [0, 0.05) is 23.1 Å². The zero-order chi connectivity index (χ0) is 11.7. The van der Waals surface area contributed by atoms with E-state index < -0.39 is 0 Å². The van der Waals surface area contributed by atoms with Crippen molar-refractivity contribution in [3.8, 4) is 5.75 Å². The summed E-state index contributed by atoms with van der Waals surface area (Å²) in [7, 11) is 0. The lowest BCUT2D eigenvalue weighted by molar-refractivity contribution is 0.0994. The Morgan fingerprint density at radius 2 is 2.29 bits per heavy atom. The lowest BCUT2D eigenvalue weighted by Gasteiger charge is -2.08. The van der Waals surface area contributed by atoms with Crippen LogP contribution in [0.1, 0.15) is 27.9 Å². The summed E-state index contributed by atoms with van der Waals surface area (Å²) in [5, 5.41) is 3.61. The summed E-state index contributed by atoms with van der Waals surface area (Å²) < 4.78 is 10.4. The summed E-state index contributed by atoms with van der Waals surface area (Å²) in [6.07, 6.45) is 4.53. The van der Waals surface area contributed by atoms with Gasteiger partial charge in [-0.3, -0.25) is 4.79 Å². The number of carbonyl (C=O) groups is 1. The molecule has 0 fully saturated rings. The molecule has 0 bridgehead atoms. The number of fused-ring (bicyclic) bond motifs is 1. The van der Waals surface area contributed by atoms with Crippen molar-refractivity contribution in [3.05, 3.63) is 47.3 Å². The first kappa shape index (κ1) is 10.1. The number of hydrogen-bond donors (Lipinski definition) is 0. The molecule has 0 amide bonds. The molecule has 0 saturated carbocycles. The molecule has 86 valence electrons. The zero-order valence-corrected chi connectivity index (χ0v) is 9.18. The second-order valence-electron chi connectivity index (χ2n) is 4.03. The SMILES string of the molecule is O=C1CCc2c(OCc3cnoc3)cccc21. The molecule has 17 heavy (non-hydrogen) atoms. The van der Waals surface area contributed by atoms with Crippen molar-refractivity contribution < 1.29 is 14.1 Å². The van der Waals surface area contributed by atoms with E-state index in [1.807, 2.05) is 18.2 Å². The molecule has 0 radical (unpaired) electrons. The summed E-state index contributed by atoms with van der Waals surface area (Å²) in [6, 6.07) is 5.60. The highest BCUT2D eigenvalue weighted by Gasteiger charge is 2.22. The Kier molecular flexibility index (Phi) is 2.40. The van der Waals surface area contributed by atoms with Gasteiger partial charge in [-0.1, -0.05) is 17.3 Å². The predicted octanol–water partition coefficient (Wildman–Crippen LogP) is 2.38. The molecular formula is C13H11NO3. The van der Waals surface area contributed by atoms with Crippen molar-refractivity contribution in [1.29, 1.82) is 0 Å². The highest BCUT2D eigenvalue weighted by Crippen LogP contribution is 2.30. The molecule has 2 aromatic rings. The summed E-state index contributed by atoms with van der Waals surface area (Å²) in [5.41, 5.74) is 2.70. The Hall–Kier alpha value is -2.10. The minimum Gasteiger partial charge on any atom is -0.488 e. The third-order valence-corrected chi connectivity index (χ3v) is 2.91. The van der Waals surface area contributed by atoms with E-state index in [-0.39, 0.29) is 5.78 Å². The van der Waals surface area contributed by atoms with Crippen molar-refractivity contribution in [2.24, 2.45) is 0 Å². The molecule has 1 aliphatic carbocycles. The van der Waals surface area contributed by atoms with Gasteiger partial charge in [0.1, 0.15) is 18.6 Å². The molecule has 0 unspecified atom stereocenters. The molecule has 0 spiro atoms. The molecular weight excluding hydrogens is 218 g/mol. The van der Waals surface area contributed by atoms with Crippen molar-refractivity contribution in [3.63, 3.8) is 0 Å². The second-order valence-corrected chi connectivity index (χ2v) is 4.03. The van der Waals surface area contributed by atoms with Crippen LogP contribution in [-0.2, 0) is 13.0 Å². The molecule has 1 aliphatic rings. The van der Waals surface area contributed by atoms with Crippen LogP contribution in [0.4, 0.5) is 0 Å². The number of nitrogens with zero attached hydrogens (tertiary/aromatic N) is 1. The predicted molar refractivity (Wildman–Crippen MR) is 59.9 cm³/mol. The molecule has 1 aromatic heterocycles. The molecule has 1 heterocycles. The minimum atomic E-state index is 0.204. The average Bonchev–Trinajstić information content (AvgIpc) is 2.97. The van der Waals surface area contributed by atoms with Gasteiger partial charge in [-0.25, -0.2) is 0 Å². The van der Waals surface area contributed by atoms with E-state index >= 15 is 0 Å². The Balaban J connectivity index is 1.82. The van der Waals surface area contributed by atoms with Crippen molar-refractivity contribution in [1.82, 2.24) is 5.16 Å². The smallest absolute Gasteiger partial charge is 0.163 e. The van der Waals surface area contributed by atoms with Gasteiger partial charge in [0.2, 0.25) is 0 Å². The number of aromatic nitrogens is 1. The van der Waals surface area contributed by atoms with Gasteiger partial charge in [-0.15, -0.1) is 0 Å². The first-order valence-corrected chi connectivity index (χ1v) is 5.51. The van der Waals surface area contributed by atoms with Crippen molar-refractivity contribution >= 4 is 5.78 Å². The first-order chi connectivity index (χ1) is 8.34. The fourth-order valence-corrected chi connectivity index (χ4v) is 2.05. The quantitative estimate of drug-likeness (QED) is 0.810. The van der Waals surface area contributed by atoms with Crippen molar-refractivity contribution in [2.75, 3.05) is 0 Å². The maximum atomic E-state index is 11.6. The van der Waals surface area contributed by atoms with Gasteiger partial charge in [0.05, 0.1) is 6.20 Å². The summed E-state index contributed by atoms with van der Waals surface area (Å²) in [4.78, 5) is 11.6. The maximum absolute atomic E-state index is 11.6. The second kappa shape index (κ2) is 4.05. The molecule has 4 heteroatoms. The number of carbonyl (C=O) groups excluding carboxylic acids is 1. The van der Waals surface area contributed by atoms with Crippen LogP contribution in [0.25, 0.3) is 0 Å². The van der Waals surface area contributed by atoms with E-state index in [1.54, 1.807) is 12.5 Å². The summed E-state index contributed by atoms with van der Waals surface area (Å²) in [5.74, 6) is 0.991. The number of rotatable bonds is 3. The molecule has 0 aliphatic heterocycles. The van der Waals surface area contributed by atoms with E-state index in [0.29, 0.717) is 13.0 Å². The molecule has 0 saturated heterocycles. The van der Waals surface area contributed by atoms with Crippen LogP contribution < -0.4 is 4.74 Å². The monoisotopic (exact) mass is 229 g/mol. The Morgan fingerprint density at radius 3 is 3.12 bits per heavy atom. The standard InChI is InChI=1S/C13H11NO3/c15-12-5-4-11-10(12)2-1-3-13(11)16-7-9-6-14-17-8-9/h1-3,6,8H,4-5,7H2. The van der Waals surface area contributed by atoms with Crippen LogP contribution in [-0.4, -0.2) is 10.9 Å². The normalized spacial score (nSPS) is 13.8. The minimum absolute atomic E-state index is 0.204. The average molecular weight is 229 g/mol. The van der Waals surface area contributed by atoms with E-state index in [9.17, 15) is 4.79 Å². The zero-order valence-electron chi connectivity index (χ0n) is 9.18. The van der Waals surface area contributed by atoms with Gasteiger partial charge in [0.25, 0.3) is 0 Å². The van der Waals surface area contributed by atoms with Gasteiger partial charge in [-0.2, -0.15) is 0 Å². The lowest BCUT2D eigenvalue weighted by Crippen LogP contribution is -1.98. The van der Waals surface area contributed by atoms with Gasteiger partial charge in [-0.05, 0) is 12.5 Å². The molecule has 3 rings (SSSR count). The van der Waals surface area contributed by atoms with E-state index in [2.05, 4.69) is 5.16 Å². The van der Waals surface area contributed by atoms with Crippen LogP contribution >= 0.6 is 0 Å². The van der Waals surface area contributed by atoms with E-state index in [0.717, 1.165) is 28.9 Å². The lowest BCUT2D eigenvalue weighted by atomic mass is 10.1. The summed E-state index contributed by atoms with van der Waals surface area (Å²) >= 11 is 0. The van der Waals surface area contributed by atoms with Crippen LogP contribution in [0.5, 0.6) is 5.75 Å². The fourth-order valence-electron chi connectivity index (χ4n) is 2.05. The Bertz CT molecular complexity index is 546. The van der Waals surface area contributed by atoms with Crippen LogP contribution in [0.2, 0.25) is 0 Å². The van der Waals surface area contributed by atoms with Gasteiger partial charge < -0.3 is 9.26 Å². The number of Topliss-reactive ketones (excluding diaryl/α,β-unsaturated/α-hetero) is 1. The number of ether oxygens (including phenoxy) is 1. The highest BCUT2D eigenvalue weighted by molar-refractivity contribution is 6.01. The number of benzene rings is 1. The fraction of sp³-hybridized carbons (Fsp3) is 0.231. The van der Waals surface area contributed by atoms with Crippen LogP contribution in [0.15, 0.2) is 35.2 Å². The van der Waals surface area contributed by atoms with E-state index in [1.165, 1.54) is 0 Å². The molecule has 4 nitrogen and oxygen atoms in total. The first-order valence-electron chi connectivity index (χ1n) is 5.51. The third kappa shape index (κ3) is 1.82. The summed E-state index contributed by atoms with van der Waals surface area (Å²) in [6.45, 7) is 0.411. The number of ketones is 1. The van der Waals surface area contributed by atoms with E-state index in [4.69, 9.17) is 9.26 Å². The van der Waals surface area contributed by atoms with Gasteiger partial charge >= 0.3 is 0 Å².